The molecule has 2 unspecified atom stereocenters. The van der Waals surface area contributed by atoms with Crippen LogP contribution in [0, 0.1) is 11.8 Å². The van der Waals surface area contributed by atoms with Crippen LogP contribution in [-0.4, -0.2) is 64.8 Å². The van der Waals surface area contributed by atoms with Crippen molar-refractivity contribution >= 4 is 11.8 Å². The molecule has 5 heteroatoms. The van der Waals surface area contributed by atoms with Crippen molar-refractivity contribution in [3.8, 4) is 0 Å². The molecule has 1 aliphatic carbocycles. The molecule has 1 aromatic rings. The van der Waals surface area contributed by atoms with Crippen molar-refractivity contribution < 1.29 is 9.59 Å². The Balaban J connectivity index is 1.22. The Kier molecular flexibility index (Phi) is 4.48. The van der Waals surface area contributed by atoms with E-state index in [1.165, 1.54) is 37.8 Å². The zero-order chi connectivity index (χ0) is 20.2. The van der Waals surface area contributed by atoms with Gasteiger partial charge in [-0.2, -0.15) is 0 Å². The first kappa shape index (κ1) is 18.6. The summed E-state index contributed by atoms with van der Waals surface area (Å²) in [6.07, 6.45) is 10.0. The molecule has 3 fully saturated rings. The SMILES string of the molecule is O=C1c2ccccc2CN1CC(=O)N1CCCC2=C[C@@H]3C[C@@H](CN4CCCCC34)C21. The van der Waals surface area contributed by atoms with E-state index in [4.69, 9.17) is 0 Å². The van der Waals surface area contributed by atoms with Crippen LogP contribution in [0.5, 0.6) is 0 Å². The van der Waals surface area contributed by atoms with Crippen molar-refractivity contribution in [3.63, 3.8) is 0 Å². The zero-order valence-corrected chi connectivity index (χ0v) is 17.6. The molecule has 4 heterocycles. The Labute approximate surface area is 178 Å². The molecule has 0 aromatic heterocycles. The number of likely N-dealkylation sites (tertiary alicyclic amines) is 1. The second-order valence-corrected chi connectivity index (χ2v) is 9.91. The summed E-state index contributed by atoms with van der Waals surface area (Å²) in [6, 6.07) is 8.73. The van der Waals surface area contributed by atoms with Gasteiger partial charge in [-0.1, -0.05) is 36.3 Å². The number of hydrogen-bond acceptors (Lipinski definition) is 3. The number of rotatable bonds is 2. The highest BCUT2D eigenvalue weighted by Crippen LogP contribution is 2.45. The van der Waals surface area contributed by atoms with E-state index in [-0.39, 0.29) is 24.4 Å². The van der Waals surface area contributed by atoms with Crippen LogP contribution in [0.3, 0.4) is 0 Å². The lowest BCUT2D eigenvalue weighted by Crippen LogP contribution is -2.60. The number of fused-ring (bicyclic) bond motifs is 7. The van der Waals surface area contributed by atoms with Gasteiger partial charge in [0, 0.05) is 31.2 Å². The molecular formula is C25H31N3O2. The largest absolute Gasteiger partial charge is 0.334 e. The van der Waals surface area contributed by atoms with Gasteiger partial charge in [-0.15, -0.1) is 0 Å². The van der Waals surface area contributed by atoms with Crippen molar-refractivity contribution in [2.45, 2.75) is 57.2 Å². The van der Waals surface area contributed by atoms with E-state index >= 15 is 0 Å². The Morgan fingerprint density at radius 1 is 1.10 bits per heavy atom. The fourth-order valence-corrected chi connectivity index (χ4v) is 6.95. The van der Waals surface area contributed by atoms with Crippen LogP contribution in [0.15, 0.2) is 35.9 Å². The smallest absolute Gasteiger partial charge is 0.254 e. The highest BCUT2D eigenvalue weighted by atomic mass is 16.2. The summed E-state index contributed by atoms with van der Waals surface area (Å²) in [6.45, 7) is 3.96. The van der Waals surface area contributed by atoms with Crippen molar-refractivity contribution in [2.24, 2.45) is 11.8 Å². The molecule has 4 aliphatic heterocycles. The minimum absolute atomic E-state index is 0.00394. The van der Waals surface area contributed by atoms with Gasteiger partial charge in [-0.3, -0.25) is 14.5 Å². The minimum atomic E-state index is 0.00394. The predicted molar refractivity (Wildman–Crippen MR) is 115 cm³/mol. The lowest BCUT2D eigenvalue weighted by Gasteiger charge is -2.54. The van der Waals surface area contributed by atoms with Crippen LogP contribution in [0.4, 0.5) is 0 Å². The van der Waals surface area contributed by atoms with Crippen molar-refractivity contribution in [1.82, 2.24) is 14.7 Å². The van der Waals surface area contributed by atoms with E-state index in [1.807, 2.05) is 24.3 Å². The van der Waals surface area contributed by atoms with Gasteiger partial charge < -0.3 is 9.80 Å². The van der Waals surface area contributed by atoms with Crippen molar-refractivity contribution in [1.29, 1.82) is 0 Å². The number of benzene rings is 1. The minimum Gasteiger partial charge on any atom is -0.334 e. The second kappa shape index (κ2) is 7.23. The molecule has 2 bridgehead atoms. The Hall–Kier alpha value is -2.14. The molecule has 3 saturated heterocycles. The summed E-state index contributed by atoms with van der Waals surface area (Å²) >= 11 is 0. The van der Waals surface area contributed by atoms with Gasteiger partial charge in [0.25, 0.3) is 5.91 Å². The Morgan fingerprint density at radius 2 is 2.00 bits per heavy atom. The predicted octanol–water partition coefficient (Wildman–Crippen LogP) is 3.06. The molecule has 30 heavy (non-hydrogen) atoms. The molecule has 5 nitrogen and oxygen atoms in total. The van der Waals surface area contributed by atoms with E-state index < -0.39 is 0 Å². The molecular weight excluding hydrogens is 374 g/mol. The second-order valence-electron chi connectivity index (χ2n) is 9.91. The summed E-state index contributed by atoms with van der Waals surface area (Å²) in [7, 11) is 0. The Morgan fingerprint density at radius 3 is 2.90 bits per heavy atom. The summed E-state index contributed by atoms with van der Waals surface area (Å²) < 4.78 is 0. The van der Waals surface area contributed by atoms with E-state index in [2.05, 4.69) is 15.9 Å². The van der Waals surface area contributed by atoms with Crippen molar-refractivity contribution in [3.05, 3.63) is 47.0 Å². The van der Waals surface area contributed by atoms with Crippen LogP contribution in [-0.2, 0) is 11.3 Å². The first-order valence-electron chi connectivity index (χ1n) is 11.8. The molecule has 4 atom stereocenters. The average Bonchev–Trinajstić information content (AvgIpc) is 3.09. The number of amides is 2. The topological polar surface area (TPSA) is 43.9 Å². The molecule has 0 N–H and O–H groups in total. The summed E-state index contributed by atoms with van der Waals surface area (Å²) in [5.74, 6) is 1.37. The monoisotopic (exact) mass is 405 g/mol. The third-order valence-corrected chi connectivity index (χ3v) is 8.20. The van der Waals surface area contributed by atoms with Gasteiger partial charge in [-0.05, 0) is 62.1 Å². The maximum absolute atomic E-state index is 13.4. The standard InChI is InChI=1S/C25H31N3O2/c29-23(16-27-14-18-6-1-2-8-21(18)25(27)30)28-11-5-7-17-12-19-13-20(24(17)28)15-26-10-4-3-9-22(19)26/h1-2,6,8,12,19-20,22,24H,3-5,7,9-11,13-16H2/t19-,20+,22?,24?/m1/s1. The first-order valence-corrected chi connectivity index (χ1v) is 11.8. The van der Waals surface area contributed by atoms with Gasteiger partial charge in [-0.25, -0.2) is 0 Å². The Bertz CT molecular complexity index is 909. The van der Waals surface area contributed by atoms with Gasteiger partial charge in [0.1, 0.15) is 6.54 Å². The van der Waals surface area contributed by atoms with Gasteiger partial charge in [0.15, 0.2) is 0 Å². The van der Waals surface area contributed by atoms with Crippen molar-refractivity contribution in [2.75, 3.05) is 26.2 Å². The number of carbonyl (C=O) groups excluding carboxylic acids is 2. The molecule has 5 aliphatic rings. The summed E-state index contributed by atoms with van der Waals surface area (Å²) in [5.41, 5.74) is 3.31. The quantitative estimate of drug-likeness (QED) is 0.711. The zero-order valence-electron chi connectivity index (χ0n) is 17.6. The van der Waals surface area contributed by atoms with Gasteiger partial charge >= 0.3 is 0 Å². The van der Waals surface area contributed by atoms with E-state index in [0.717, 1.165) is 43.1 Å². The first-order chi connectivity index (χ1) is 14.7. The molecule has 2 amide bonds. The van der Waals surface area contributed by atoms with Crippen LogP contribution in [0.2, 0.25) is 0 Å². The number of nitrogens with zero attached hydrogens (tertiary/aromatic N) is 3. The molecule has 158 valence electrons. The fourth-order valence-electron chi connectivity index (χ4n) is 6.95. The third-order valence-electron chi connectivity index (χ3n) is 8.20. The maximum Gasteiger partial charge on any atom is 0.254 e. The number of carbonyl (C=O) groups is 2. The average molecular weight is 406 g/mol. The molecule has 1 aromatic carbocycles. The van der Waals surface area contributed by atoms with Crippen LogP contribution in [0.25, 0.3) is 0 Å². The lowest BCUT2D eigenvalue weighted by atomic mass is 9.68. The number of piperidine rings is 3. The van der Waals surface area contributed by atoms with Gasteiger partial charge in [0.2, 0.25) is 5.91 Å². The molecule has 0 radical (unpaired) electrons. The highest BCUT2D eigenvalue weighted by Gasteiger charge is 2.47. The van der Waals surface area contributed by atoms with Gasteiger partial charge in [0.05, 0.1) is 6.04 Å². The fraction of sp³-hybridized carbons (Fsp3) is 0.600. The van der Waals surface area contributed by atoms with Crippen LogP contribution < -0.4 is 0 Å². The van der Waals surface area contributed by atoms with E-state index in [0.29, 0.717) is 18.4 Å². The maximum atomic E-state index is 13.4. The lowest BCUT2D eigenvalue weighted by molar-refractivity contribution is -0.137. The summed E-state index contributed by atoms with van der Waals surface area (Å²) in [5, 5.41) is 0. The summed E-state index contributed by atoms with van der Waals surface area (Å²) in [4.78, 5) is 32.8. The van der Waals surface area contributed by atoms with E-state index in [1.54, 1.807) is 4.90 Å². The third kappa shape index (κ3) is 2.93. The molecule has 0 spiro atoms. The van der Waals surface area contributed by atoms with E-state index in [9.17, 15) is 9.59 Å². The highest BCUT2D eigenvalue weighted by molar-refractivity contribution is 6.00. The molecule has 6 rings (SSSR count). The van der Waals surface area contributed by atoms with Crippen LogP contribution >= 0.6 is 0 Å². The number of hydrogen-bond donors (Lipinski definition) is 0. The van der Waals surface area contributed by atoms with Crippen LogP contribution in [0.1, 0.15) is 54.4 Å². The normalized spacial score (nSPS) is 32.9. The molecule has 0 saturated carbocycles.